The van der Waals surface area contributed by atoms with Crippen molar-refractivity contribution in [1.29, 1.82) is 5.26 Å². The van der Waals surface area contributed by atoms with Crippen molar-refractivity contribution in [3.05, 3.63) is 46.8 Å². The third kappa shape index (κ3) is 4.94. The summed E-state index contributed by atoms with van der Waals surface area (Å²) in [6, 6.07) is 10.1. The second kappa shape index (κ2) is 8.80. The maximum absolute atomic E-state index is 12.5. The third-order valence-electron chi connectivity index (χ3n) is 4.80. The number of amides is 1. The van der Waals surface area contributed by atoms with E-state index in [0.717, 1.165) is 25.9 Å². The smallest absolute Gasteiger partial charge is 0.226 e. The molecule has 1 aliphatic heterocycles. The lowest BCUT2D eigenvalue weighted by atomic mass is 9.89. The molecule has 1 aromatic carbocycles. The van der Waals surface area contributed by atoms with E-state index in [2.05, 4.69) is 16.3 Å². The highest BCUT2D eigenvalue weighted by Gasteiger charge is 2.26. The molecule has 0 bridgehead atoms. The standard InChI is InChI=1S/C20H21N3O3S/c21-13-16-8-12-27-20(16)22-18(25)7-11-23-9-5-15(6-10-23)19(26)14-1-3-17(24)4-2-14/h1-4,8,12,15,24H,5-7,9-11H2,(H,22,25). The number of Topliss-reactive ketones (excluding diaryl/α,β-unsaturated/α-hetero) is 1. The topological polar surface area (TPSA) is 93.4 Å². The van der Waals surface area contributed by atoms with Gasteiger partial charge in [-0.3, -0.25) is 9.59 Å². The molecule has 0 unspecified atom stereocenters. The van der Waals surface area contributed by atoms with Crippen LogP contribution in [0, 0.1) is 17.2 Å². The van der Waals surface area contributed by atoms with Crippen LogP contribution in [0.3, 0.4) is 0 Å². The Balaban J connectivity index is 1.43. The van der Waals surface area contributed by atoms with Crippen LogP contribution in [0.25, 0.3) is 0 Å². The number of nitrogens with zero attached hydrogens (tertiary/aromatic N) is 2. The number of likely N-dealkylation sites (tertiary alicyclic amines) is 1. The number of benzene rings is 1. The average Bonchev–Trinajstić information content (AvgIpc) is 3.14. The van der Waals surface area contributed by atoms with Gasteiger partial charge >= 0.3 is 0 Å². The summed E-state index contributed by atoms with van der Waals surface area (Å²) in [6.45, 7) is 2.20. The number of phenolic OH excluding ortho intramolecular Hbond substituents is 1. The predicted molar refractivity (Wildman–Crippen MR) is 104 cm³/mol. The molecular formula is C20H21N3O3S. The maximum atomic E-state index is 12.5. The van der Waals surface area contributed by atoms with E-state index in [4.69, 9.17) is 5.26 Å². The highest BCUT2D eigenvalue weighted by molar-refractivity contribution is 7.14. The molecule has 2 heterocycles. The Morgan fingerprint density at radius 2 is 1.93 bits per heavy atom. The zero-order chi connectivity index (χ0) is 19.2. The molecule has 0 saturated carbocycles. The fourth-order valence-electron chi connectivity index (χ4n) is 3.22. The van der Waals surface area contributed by atoms with E-state index < -0.39 is 0 Å². The number of ketones is 1. The average molecular weight is 383 g/mol. The number of nitriles is 1. The molecule has 0 atom stereocenters. The quantitative estimate of drug-likeness (QED) is 0.747. The molecule has 0 radical (unpaired) electrons. The second-order valence-corrected chi connectivity index (χ2v) is 7.52. The summed E-state index contributed by atoms with van der Waals surface area (Å²) in [5.41, 5.74) is 1.12. The van der Waals surface area contributed by atoms with Crippen LogP contribution in [0.4, 0.5) is 5.00 Å². The van der Waals surface area contributed by atoms with Crippen molar-refractivity contribution in [3.8, 4) is 11.8 Å². The normalized spacial score (nSPS) is 15.2. The van der Waals surface area contributed by atoms with Gasteiger partial charge in [0.15, 0.2) is 5.78 Å². The first-order valence-corrected chi connectivity index (χ1v) is 9.78. The van der Waals surface area contributed by atoms with E-state index in [9.17, 15) is 14.7 Å². The molecule has 0 aliphatic carbocycles. The van der Waals surface area contributed by atoms with Gasteiger partial charge in [0, 0.05) is 24.4 Å². The fraction of sp³-hybridized carbons (Fsp3) is 0.350. The van der Waals surface area contributed by atoms with E-state index in [1.165, 1.54) is 23.5 Å². The summed E-state index contributed by atoms with van der Waals surface area (Å²) in [5.74, 6) is 0.165. The summed E-state index contributed by atoms with van der Waals surface area (Å²) < 4.78 is 0. The van der Waals surface area contributed by atoms with Crippen molar-refractivity contribution < 1.29 is 14.7 Å². The molecule has 7 heteroatoms. The lowest BCUT2D eigenvalue weighted by molar-refractivity contribution is -0.116. The molecule has 1 aliphatic rings. The molecule has 1 fully saturated rings. The number of carbonyl (C=O) groups excluding carboxylic acids is 2. The van der Waals surface area contributed by atoms with Crippen LogP contribution in [0.1, 0.15) is 35.2 Å². The zero-order valence-electron chi connectivity index (χ0n) is 14.9. The summed E-state index contributed by atoms with van der Waals surface area (Å²) in [7, 11) is 0. The highest BCUT2D eigenvalue weighted by Crippen LogP contribution is 2.24. The van der Waals surface area contributed by atoms with Gasteiger partial charge in [0.2, 0.25) is 5.91 Å². The number of aromatic hydroxyl groups is 1. The second-order valence-electron chi connectivity index (χ2n) is 6.60. The molecule has 1 aromatic heterocycles. The number of hydrogen-bond acceptors (Lipinski definition) is 6. The molecule has 3 rings (SSSR count). The van der Waals surface area contributed by atoms with E-state index in [0.29, 0.717) is 29.1 Å². The predicted octanol–water partition coefficient (Wildman–Crippen LogP) is 3.25. The Bertz CT molecular complexity index is 846. The van der Waals surface area contributed by atoms with Gasteiger partial charge in [-0.25, -0.2) is 0 Å². The van der Waals surface area contributed by atoms with Crippen LogP contribution < -0.4 is 5.32 Å². The molecule has 1 saturated heterocycles. The van der Waals surface area contributed by atoms with Crippen molar-refractivity contribution in [2.45, 2.75) is 19.3 Å². The van der Waals surface area contributed by atoms with E-state index in [1.54, 1.807) is 23.6 Å². The lowest BCUT2D eigenvalue weighted by Gasteiger charge is -2.31. The third-order valence-corrected chi connectivity index (χ3v) is 5.63. The number of nitrogens with one attached hydrogen (secondary N) is 1. The van der Waals surface area contributed by atoms with Gasteiger partial charge in [-0.05, 0) is 61.6 Å². The molecule has 1 amide bonds. The van der Waals surface area contributed by atoms with Crippen LogP contribution >= 0.6 is 11.3 Å². The van der Waals surface area contributed by atoms with Gasteiger partial charge < -0.3 is 15.3 Å². The Morgan fingerprint density at radius 3 is 2.59 bits per heavy atom. The number of thiophene rings is 1. The van der Waals surface area contributed by atoms with Crippen LogP contribution in [0.2, 0.25) is 0 Å². The molecule has 140 valence electrons. The van der Waals surface area contributed by atoms with Gasteiger partial charge in [-0.2, -0.15) is 5.26 Å². The molecule has 2 N–H and O–H groups in total. The van der Waals surface area contributed by atoms with Crippen molar-refractivity contribution >= 4 is 28.0 Å². The number of rotatable bonds is 6. The number of hydrogen-bond donors (Lipinski definition) is 2. The molecule has 0 spiro atoms. The summed E-state index contributed by atoms with van der Waals surface area (Å²) >= 11 is 1.34. The summed E-state index contributed by atoms with van der Waals surface area (Å²) in [5, 5.41) is 23.5. The van der Waals surface area contributed by atoms with Gasteiger partial charge in [0.25, 0.3) is 0 Å². The highest BCUT2D eigenvalue weighted by atomic mass is 32.1. The van der Waals surface area contributed by atoms with Gasteiger partial charge in [0.05, 0.1) is 5.56 Å². The lowest BCUT2D eigenvalue weighted by Crippen LogP contribution is -2.38. The molecule has 2 aromatic rings. The van der Waals surface area contributed by atoms with Crippen LogP contribution in [-0.4, -0.2) is 41.3 Å². The SMILES string of the molecule is N#Cc1ccsc1NC(=O)CCN1CCC(C(=O)c2ccc(O)cc2)CC1. The van der Waals surface area contributed by atoms with E-state index in [-0.39, 0.29) is 23.4 Å². The number of piperidine rings is 1. The van der Waals surface area contributed by atoms with Gasteiger partial charge in [-0.15, -0.1) is 11.3 Å². The van der Waals surface area contributed by atoms with Crippen molar-refractivity contribution in [2.75, 3.05) is 25.0 Å². The number of phenols is 1. The molecular weight excluding hydrogens is 362 g/mol. The van der Waals surface area contributed by atoms with Crippen LogP contribution in [0.5, 0.6) is 5.75 Å². The van der Waals surface area contributed by atoms with Crippen molar-refractivity contribution in [3.63, 3.8) is 0 Å². The first-order valence-electron chi connectivity index (χ1n) is 8.90. The van der Waals surface area contributed by atoms with Crippen molar-refractivity contribution in [2.24, 2.45) is 5.92 Å². The van der Waals surface area contributed by atoms with Gasteiger partial charge in [0.1, 0.15) is 16.8 Å². The maximum Gasteiger partial charge on any atom is 0.226 e. The summed E-state index contributed by atoms with van der Waals surface area (Å²) in [6.07, 6.45) is 1.90. The molecule has 6 nitrogen and oxygen atoms in total. The Hall–Kier alpha value is -2.69. The zero-order valence-corrected chi connectivity index (χ0v) is 15.7. The Kier molecular flexibility index (Phi) is 6.22. The number of anilines is 1. The van der Waals surface area contributed by atoms with Crippen LogP contribution in [0.15, 0.2) is 35.7 Å². The minimum atomic E-state index is -0.101. The minimum Gasteiger partial charge on any atom is -0.508 e. The van der Waals surface area contributed by atoms with Gasteiger partial charge in [-0.1, -0.05) is 0 Å². The monoisotopic (exact) mass is 383 g/mol. The largest absolute Gasteiger partial charge is 0.508 e. The van der Waals surface area contributed by atoms with Crippen LogP contribution in [-0.2, 0) is 4.79 Å². The Morgan fingerprint density at radius 1 is 1.22 bits per heavy atom. The summed E-state index contributed by atoms with van der Waals surface area (Å²) in [4.78, 5) is 26.8. The minimum absolute atomic E-state index is 0.0103. The first kappa shape index (κ1) is 19.1. The van der Waals surface area contributed by atoms with Crippen molar-refractivity contribution in [1.82, 2.24) is 4.90 Å². The number of carbonyl (C=O) groups is 2. The fourth-order valence-corrected chi connectivity index (χ4v) is 3.98. The van der Waals surface area contributed by atoms with E-state index in [1.807, 2.05) is 0 Å². The molecule has 27 heavy (non-hydrogen) atoms. The van der Waals surface area contributed by atoms with E-state index >= 15 is 0 Å². The Labute approximate surface area is 162 Å². The first-order chi connectivity index (χ1) is 13.1.